The fourth-order valence-corrected chi connectivity index (χ4v) is 4.20. The van der Waals surface area contributed by atoms with E-state index in [2.05, 4.69) is 10.0 Å². The molecule has 0 aromatic heterocycles. The third-order valence-corrected chi connectivity index (χ3v) is 5.95. The fourth-order valence-electron chi connectivity index (χ4n) is 2.60. The van der Waals surface area contributed by atoms with Crippen LogP contribution in [0.2, 0.25) is 0 Å². The first kappa shape index (κ1) is 14.9. The van der Waals surface area contributed by atoms with Crippen molar-refractivity contribution in [3.63, 3.8) is 0 Å². The zero-order chi connectivity index (χ0) is 15.1. The molecule has 2 fully saturated rings. The average Bonchev–Trinajstić information content (AvgIpc) is 3.19. The maximum absolute atomic E-state index is 13.9. The Hall–Kier alpha value is -0.980. The van der Waals surface area contributed by atoms with Crippen LogP contribution in [0.1, 0.15) is 44.6 Å². The van der Waals surface area contributed by atoms with Gasteiger partial charge < -0.3 is 5.32 Å². The molecule has 0 radical (unpaired) electrons. The van der Waals surface area contributed by atoms with Gasteiger partial charge in [0.25, 0.3) is 0 Å². The Morgan fingerprint density at radius 2 is 2.05 bits per heavy atom. The van der Waals surface area contributed by atoms with Crippen molar-refractivity contribution in [3.8, 4) is 0 Å². The molecular formula is C15H21FN2O2S. The highest BCUT2D eigenvalue weighted by atomic mass is 32.2. The largest absolute Gasteiger partial charge is 0.310 e. The van der Waals surface area contributed by atoms with Crippen LogP contribution in [-0.2, 0) is 16.6 Å². The summed E-state index contributed by atoms with van der Waals surface area (Å²) >= 11 is 0. The quantitative estimate of drug-likeness (QED) is 0.847. The predicted molar refractivity (Wildman–Crippen MR) is 78.8 cm³/mol. The summed E-state index contributed by atoms with van der Waals surface area (Å²) in [6, 6.07) is 4.84. The van der Waals surface area contributed by atoms with Gasteiger partial charge in [-0.15, -0.1) is 0 Å². The first-order valence-electron chi connectivity index (χ1n) is 7.44. The van der Waals surface area contributed by atoms with Gasteiger partial charge in [-0.1, -0.05) is 6.07 Å². The van der Waals surface area contributed by atoms with Gasteiger partial charge in [0, 0.05) is 18.1 Å². The van der Waals surface area contributed by atoms with Gasteiger partial charge in [-0.05, 0) is 56.7 Å². The zero-order valence-electron chi connectivity index (χ0n) is 12.2. The molecule has 0 atom stereocenters. The number of halogens is 1. The molecule has 0 spiro atoms. The fraction of sp³-hybridized carbons (Fsp3) is 0.600. The summed E-state index contributed by atoms with van der Waals surface area (Å²) in [6.45, 7) is 2.44. The summed E-state index contributed by atoms with van der Waals surface area (Å²) < 4.78 is 41.4. The second-order valence-corrected chi connectivity index (χ2v) is 8.09. The lowest BCUT2D eigenvalue weighted by Gasteiger charge is -2.38. The van der Waals surface area contributed by atoms with Crippen molar-refractivity contribution in [1.29, 1.82) is 0 Å². The van der Waals surface area contributed by atoms with Crippen molar-refractivity contribution in [3.05, 3.63) is 29.6 Å². The van der Waals surface area contributed by atoms with Gasteiger partial charge in [0.2, 0.25) is 10.0 Å². The van der Waals surface area contributed by atoms with Crippen LogP contribution in [0.3, 0.4) is 0 Å². The van der Waals surface area contributed by atoms with E-state index in [1.165, 1.54) is 12.1 Å². The summed E-state index contributed by atoms with van der Waals surface area (Å²) in [5.41, 5.74) is 0.371. The molecule has 0 unspecified atom stereocenters. The number of rotatable bonds is 6. The second-order valence-electron chi connectivity index (χ2n) is 6.44. The summed E-state index contributed by atoms with van der Waals surface area (Å²) in [7, 11) is -3.81. The van der Waals surface area contributed by atoms with Gasteiger partial charge in [-0.2, -0.15) is 0 Å². The summed E-state index contributed by atoms with van der Waals surface area (Å²) in [5, 5.41) is 3.30. The van der Waals surface area contributed by atoms with E-state index in [0.29, 0.717) is 12.6 Å². The molecule has 116 valence electrons. The molecule has 6 heteroatoms. The first-order chi connectivity index (χ1) is 9.88. The highest BCUT2D eigenvalue weighted by molar-refractivity contribution is 7.89. The van der Waals surface area contributed by atoms with Gasteiger partial charge >= 0.3 is 0 Å². The Labute approximate surface area is 125 Å². The SMILES string of the molecule is CC1(NS(=O)(=O)c2cc(CNC3CC3)ccc2F)CCC1. The Bertz CT molecular complexity index is 637. The van der Waals surface area contributed by atoms with Crippen LogP contribution >= 0.6 is 0 Å². The van der Waals surface area contributed by atoms with Crippen LogP contribution in [-0.4, -0.2) is 20.0 Å². The molecular weight excluding hydrogens is 291 g/mol. The lowest BCUT2D eigenvalue weighted by atomic mass is 9.80. The smallest absolute Gasteiger partial charge is 0.243 e. The lowest BCUT2D eigenvalue weighted by Crippen LogP contribution is -2.50. The number of sulfonamides is 1. The Balaban J connectivity index is 1.79. The van der Waals surface area contributed by atoms with E-state index < -0.39 is 21.4 Å². The molecule has 2 aliphatic carbocycles. The van der Waals surface area contributed by atoms with Gasteiger partial charge in [-0.3, -0.25) is 0 Å². The van der Waals surface area contributed by atoms with E-state index in [1.807, 2.05) is 6.92 Å². The van der Waals surface area contributed by atoms with E-state index >= 15 is 0 Å². The monoisotopic (exact) mass is 312 g/mol. The number of hydrogen-bond donors (Lipinski definition) is 2. The second kappa shape index (κ2) is 5.34. The minimum atomic E-state index is -3.81. The molecule has 4 nitrogen and oxygen atoms in total. The van der Waals surface area contributed by atoms with Crippen LogP contribution in [0, 0.1) is 5.82 Å². The molecule has 2 N–H and O–H groups in total. The van der Waals surface area contributed by atoms with E-state index in [4.69, 9.17) is 0 Å². The summed E-state index contributed by atoms with van der Waals surface area (Å²) in [5.74, 6) is -0.694. The standard InChI is InChI=1S/C15H21FN2O2S/c1-15(7-2-8-15)18-21(19,20)14-9-11(3-6-13(14)16)10-17-12-4-5-12/h3,6,9,12,17-18H,2,4-5,7-8,10H2,1H3. The first-order valence-corrected chi connectivity index (χ1v) is 8.92. The normalized spacial score (nSPS) is 21.0. The van der Waals surface area contributed by atoms with E-state index in [0.717, 1.165) is 37.7 Å². The molecule has 2 saturated carbocycles. The van der Waals surface area contributed by atoms with Crippen LogP contribution in [0.5, 0.6) is 0 Å². The third-order valence-electron chi connectivity index (χ3n) is 4.30. The number of hydrogen-bond acceptors (Lipinski definition) is 3. The molecule has 0 aliphatic heterocycles. The summed E-state index contributed by atoms with van der Waals surface area (Å²) in [4.78, 5) is -0.245. The van der Waals surface area contributed by atoms with Crippen molar-refractivity contribution < 1.29 is 12.8 Å². The Morgan fingerprint density at radius 1 is 1.33 bits per heavy atom. The third kappa shape index (κ3) is 3.44. The molecule has 0 heterocycles. The highest BCUT2D eigenvalue weighted by Gasteiger charge is 2.37. The van der Waals surface area contributed by atoms with Gasteiger partial charge in [0.15, 0.2) is 0 Å². The van der Waals surface area contributed by atoms with Gasteiger partial charge in [0.05, 0.1) is 0 Å². The Kier molecular flexibility index (Phi) is 3.80. The zero-order valence-corrected chi connectivity index (χ0v) is 13.0. The van der Waals surface area contributed by atoms with Crippen LogP contribution < -0.4 is 10.0 Å². The molecule has 0 bridgehead atoms. The van der Waals surface area contributed by atoms with Crippen molar-refractivity contribution in [2.24, 2.45) is 0 Å². The van der Waals surface area contributed by atoms with Crippen molar-refractivity contribution in [1.82, 2.24) is 10.0 Å². The molecule has 1 aromatic rings. The molecule has 3 rings (SSSR count). The molecule has 1 aromatic carbocycles. The van der Waals surface area contributed by atoms with Crippen molar-refractivity contribution >= 4 is 10.0 Å². The van der Waals surface area contributed by atoms with Gasteiger partial charge in [-0.25, -0.2) is 17.5 Å². The molecule has 21 heavy (non-hydrogen) atoms. The number of benzene rings is 1. The van der Waals surface area contributed by atoms with Crippen LogP contribution in [0.15, 0.2) is 23.1 Å². The lowest BCUT2D eigenvalue weighted by molar-refractivity contribution is 0.247. The molecule has 2 aliphatic rings. The van der Waals surface area contributed by atoms with E-state index in [9.17, 15) is 12.8 Å². The van der Waals surface area contributed by atoms with E-state index in [-0.39, 0.29) is 4.90 Å². The van der Waals surface area contributed by atoms with E-state index in [1.54, 1.807) is 6.07 Å². The topological polar surface area (TPSA) is 58.2 Å². The minimum Gasteiger partial charge on any atom is -0.310 e. The maximum Gasteiger partial charge on any atom is 0.243 e. The summed E-state index contributed by atoms with van der Waals surface area (Å²) in [6.07, 6.45) is 4.93. The predicted octanol–water partition coefficient (Wildman–Crippen LogP) is 2.30. The van der Waals surface area contributed by atoms with Gasteiger partial charge in [0.1, 0.15) is 10.7 Å². The minimum absolute atomic E-state index is 0.245. The highest BCUT2D eigenvalue weighted by Crippen LogP contribution is 2.33. The molecule has 0 saturated heterocycles. The maximum atomic E-state index is 13.9. The van der Waals surface area contributed by atoms with Crippen LogP contribution in [0.25, 0.3) is 0 Å². The average molecular weight is 312 g/mol. The van der Waals surface area contributed by atoms with Crippen molar-refractivity contribution in [2.45, 2.75) is 62.0 Å². The van der Waals surface area contributed by atoms with Crippen LogP contribution in [0.4, 0.5) is 4.39 Å². The molecule has 0 amide bonds. The van der Waals surface area contributed by atoms with Crippen molar-refractivity contribution in [2.75, 3.05) is 0 Å². The number of nitrogens with one attached hydrogen (secondary N) is 2. The Morgan fingerprint density at radius 3 is 2.62 bits per heavy atom.